The molecular weight excluding hydrogens is 428 g/mol. The zero-order valence-electron chi connectivity index (χ0n) is 24.7. The second kappa shape index (κ2) is 9.72. The summed E-state index contributed by atoms with van der Waals surface area (Å²) in [6.07, 6.45) is 0. The van der Waals surface area contributed by atoms with Crippen LogP contribution in [0.1, 0.15) is 104 Å². The fraction of sp³-hybridized carbons (Fsp3) is 0.613. The summed E-state index contributed by atoms with van der Waals surface area (Å²) in [5, 5.41) is 1.35. The van der Waals surface area contributed by atoms with Crippen LogP contribution >= 0.6 is 0 Å². The van der Waals surface area contributed by atoms with Crippen LogP contribution in [0.4, 0.5) is 0 Å². The van der Waals surface area contributed by atoms with E-state index in [1.807, 2.05) is 0 Å². The van der Waals surface area contributed by atoms with Crippen LogP contribution < -0.4 is 5.32 Å². The molecule has 2 nitrogen and oxygen atoms in total. The second-order valence-corrected chi connectivity index (χ2v) is 18.8. The van der Waals surface area contributed by atoms with Gasteiger partial charge in [-0.2, -0.15) is 0 Å². The van der Waals surface area contributed by atoms with Gasteiger partial charge in [0.25, 0.3) is 0 Å². The summed E-state index contributed by atoms with van der Waals surface area (Å²) in [6, 6.07) is 11.0. The summed E-state index contributed by atoms with van der Waals surface area (Å²) in [5.74, 6) is 0. The highest BCUT2D eigenvalue weighted by Gasteiger charge is 2.41. The lowest BCUT2D eigenvalue weighted by atomic mass is 9.69. The fourth-order valence-corrected chi connectivity index (χ4v) is 6.44. The van der Waals surface area contributed by atoms with Gasteiger partial charge in [-0.3, -0.25) is 4.98 Å². The van der Waals surface area contributed by atoms with E-state index >= 15 is 0 Å². The molecule has 0 saturated carbocycles. The van der Waals surface area contributed by atoms with Crippen molar-refractivity contribution in [3.8, 4) is 0 Å². The molecule has 0 amide bonds. The topological polar surface area (TPSA) is 15.9 Å². The van der Waals surface area contributed by atoms with Crippen molar-refractivity contribution in [2.75, 3.05) is 13.1 Å². The Balaban J connectivity index is 3.40. The van der Waals surface area contributed by atoms with Crippen LogP contribution in [-0.4, -0.2) is 36.4 Å². The zero-order chi connectivity index (χ0) is 26.3. The van der Waals surface area contributed by atoms with Crippen molar-refractivity contribution in [3.05, 3.63) is 58.3 Å². The summed E-state index contributed by atoms with van der Waals surface area (Å²) in [4.78, 5) is 5.67. The van der Waals surface area contributed by atoms with Gasteiger partial charge in [-0.1, -0.05) is 100 Å². The Morgan fingerprint density at radius 2 is 1.21 bits per heavy atom. The predicted octanol–water partition coefficient (Wildman–Crippen LogP) is 7.41. The van der Waals surface area contributed by atoms with E-state index in [0.29, 0.717) is 0 Å². The van der Waals surface area contributed by atoms with Crippen LogP contribution in [0.15, 0.2) is 30.3 Å². The fourth-order valence-electron chi connectivity index (χ4n) is 5.00. The van der Waals surface area contributed by atoms with E-state index in [2.05, 4.69) is 131 Å². The molecule has 188 valence electrons. The molecule has 1 aromatic carbocycles. The Hall–Kier alpha value is -1.74. The average Bonchev–Trinajstić information content (AvgIpc) is 2.68. The molecule has 0 fully saturated rings. The average molecular weight is 480 g/mol. The SMILES string of the molecule is CC[N+](CC)=C(c1ccccc1)c1c([Si](C)(C)C)nc(C(C)(C)C)c(C(C)(C)C)c1C(C)(C)C. The van der Waals surface area contributed by atoms with Gasteiger partial charge in [0.1, 0.15) is 21.2 Å². The van der Waals surface area contributed by atoms with Crippen molar-refractivity contribution in [1.82, 2.24) is 4.98 Å². The van der Waals surface area contributed by atoms with E-state index in [9.17, 15) is 0 Å². The Morgan fingerprint density at radius 1 is 0.735 bits per heavy atom. The Labute approximate surface area is 211 Å². The number of nitrogens with zero attached hydrogens (tertiary/aromatic N) is 2. The van der Waals surface area contributed by atoms with Crippen molar-refractivity contribution >= 4 is 19.1 Å². The largest absolute Gasteiger partial charge is 0.261 e. The standard InChI is InChI=1S/C31H51N2Si/c1-15-33(16-2)26(22-20-18-17-19-21-22)23-24(29(3,4)5)25(30(6,7)8)27(31(9,10)11)32-28(23)34(12,13)14/h17-21H,15-16H2,1-14H3/q+1. The molecule has 3 heteroatoms. The van der Waals surface area contributed by atoms with E-state index < -0.39 is 8.07 Å². The molecule has 0 spiro atoms. The van der Waals surface area contributed by atoms with Gasteiger partial charge in [0, 0.05) is 22.0 Å². The Bertz CT molecular complexity index is 1030. The molecule has 0 aliphatic carbocycles. The highest BCUT2D eigenvalue weighted by atomic mass is 28.3. The summed E-state index contributed by atoms with van der Waals surface area (Å²) in [7, 11) is -1.81. The molecule has 0 aliphatic heterocycles. The predicted molar refractivity (Wildman–Crippen MR) is 154 cm³/mol. The van der Waals surface area contributed by atoms with Gasteiger partial charge in [0.05, 0.1) is 5.56 Å². The molecule has 2 rings (SSSR count). The number of aromatic nitrogens is 1. The van der Waals surface area contributed by atoms with Crippen molar-refractivity contribution in [2.45, 2.75) is 112 Å². The molecule has 2 aromatic rings. The summed E-state index contributed by atoms with van der Waals surface area (Å²) in [6.45, 7) is 35.2. The van der Waals surface area contributed by atoms with Gasteiger partial charge >= 0.3 is 0 Å². The lowest BCUT2D eigenvalue weighted by molar-refractivity contribution is -0.519. The second-order valence-electron chi connectivity index (χ2n) is 13.8. The van der Waals surface area contributed by atoms with Gasteiger partial charge in [-0.05, 0) is 47.9 Å². The number of pyridine rings is 1. The normalized spacial score (nSPS) is 13.2. The Kier molecular flexibility index (Phi) is 8.15. The first-order valence-electron chi connectivity index (χ1n) is 13.1. The first kappa shape index (κ1) is 28.5. The minimum absolute atomic E-state index is 0.0179. The van der Waals surface area contributed by atoms with Crippen LogP contribution in [0.5, 0.6) is 0 Å². The minimum atomic E-state index is -1.81. The molecule has 1 aromatic heterocycles. The van der Waals surface area contributed by atoms with Crippen LogP contribution in [0.2, 0.25) is 19.6 Å². The lowest BCUT2D eigenvalue weighted by Gasteiger charge is -2.39. The van der Waals surface area contributed by atoms with Gasteiger partial charge in [-0.25, -0.2) is 4.58 Å². The molecule has 0 unspecified atom stereocenters. The summed E-state index contributed by atoms with van der Waals surface area (Å²) in [5.41, 5.74) is 8.18. The third-order valence-corrected chi connectivity index (χ3v) is 8.26. The van der Waals surface area contributed by atoms with E-state index in [1.54, 1.807) is 0 Å². The number of hydrogen-bond donors (Lipinski definition) is 0. The molecule has 0 saturated heterocycles. The maximum Gasteiger partial charge on any atom is 0.216 e. The van der Waals surface area contributed by atoms with E-state index in [0.717, 1.165) is 13.1 Å². The maximum atomic E-state index is 5.67. The molecule has 0 N–H and O–H groups in total. The third kappa shape index (κ3) is 5.90. The molecule has 34 heavy (non-hydrogen) atoms. The molecule has 1 heterocycles. The van der Waals surface area contributed by atoms with Gasteiger partial charge in [0.15, 0.2) is 0 Å². The first-order chi connectivity index (χ1) is 15.4. The Morgan fingerprint density at radius 3 is 1.56 bits per heavy atom. The van der Waals surface area contributed by atoms with Crippen LogP contribution in [0.25, 0.3) is 0 Å². The van der Waals surface area contributed by atoms with Crippen LogP contribution in [0.3, 0.4) is 0 Å². The van der Waals surface area contributed by atoms with Crippen molar-refractivity contribution in [3.63, 3.8) is 0 Å². The van der Waals surface area contributed by atoms with Gasteiger partial charge in [-0.15, -0.1) is 0 Å². The summed E-state index contributed by atoms with van der Waals surface area (Å²) >= 11 is 0. The highest BCUT2D eigenvalue weighted by molar-refractivity contribution is 6.89. The number of rotatable bonds is 5. The molecule has 0 aliphatic rings. The van der Waals surface area contributed by atoms with E-state index in [4.69, 9.17) is 4.98 Å². The molecule has 0 bridgehead atoms. The van der Waals surface area contributed by atoms with Crippen LogP contribution in [-0.2, 0) is 16.2 Å². The van der Waals surface area contributed by atoms with Gasteiger partial charge in [0.2, 0.25) is 5.71 Å². The van der Waals surface area contributed by atoms with Crippen molar-refractivity contribution in [2.24, 2.45) is 0 Å². The smallest absolute Gasteiger partial charge is 0.216 e. The van der Waals surface area contributed by atoms with E-state index in [-0.39, 0.29) is 16.2 Å². The molecular formula is C31H51N2Si+. The highest BCUT2D eigenvalue weighted by Crippen LogP contribution is 2.42. The minimum Gasteiger partial charge on any atom is -0.261 e. The lowest BCUT2D eigenvalue weighted by Crippen LogP contribution is -2.49. The summed E-state index contributed by atoms with van der Waals surface area (Å²) < 4.78 is 2.55. The molecule has 0 radical (unpaired) electrons. The quantitative estimate of drug-likeness (QED) is 0.248. The zero-order valence-corrected chi connectivity index (χ0v) is 25.7. The van der Waals surface area contributed by atoms with E-state index in [1.165, 1.54) is 39.0 Å². The van der Waals surface area contributed by atoms with Crippen molar-refractivity contribution < 1.29 is 4.58 Å². The van der Waals surface area contributed by atoms with Crippen LogP contribution in [0, 0.1) is 0 Å². The maximum absolute atomic E-state index is 5.67. The molecule has 0 atom stereocenters. The van der Waals surface area contributed by atoms with Crippen molar-refractivity contribution in [1.29, 1.82) is 0 Å². The monoisotopic (exact) mass is 479 g/mol. The first-order valence-corrected chi connectivity index (χ1v) is 16.6. The third-order valence-electron chi connectivity index (χ3n) is 6.48. The number of hydrogen-bond acceptors (Lipinski definition) is 1. The van der Waals surface area contributed by atoms with Gasteiger partial charge < -0.3 is 0 Å². The number of benzene rings is 1.